The first-order valence-electron chi connectivity index (χ1n) is 40.9. The Balaban J connectivity index is 0.000000149. The van der Waals surface area contributed by atoms with Crippen LogP contribution in [0.15, 0.2) is 166 Å². The summed E-state index contributed by atoms with van der Waals surface area (Å²) in [6.45, 7) is 24.6. The number of aliphatic imine (C=N–C) groups is 4. The number of aromatic nitrogens is 10. The second-order valence-electron chi connectivity index (χ2n) is 30.5. The molecule has 9 aliphatic heterocycles. The summed E-state index contributed by atoms with van der Waals surface area (Å²) in [5.74, 6) is -0.460. The number of anilines is 5. The van der Waals surface area contributed by atoms with E-state index in [9.17, 15) is 35.9 Å². The van der Waals surface area contributed by atoms with Gasteiger partial charge in [-0.25, -0.2) is 0 Å². The normalized spacial score (nSPS) is 19.5. The number of halogens is 12. The maximum Gasteiger partial charge on any atom is 0.496 e. The van der Waals surface area contributed by atoms with Crippen LogP contribution in [0.1, 0.15) is 110 Å². The summed E-state index contributed by atoms with van der Waals surface area (Å²) in [5.41, 5.74) is 7.24. The van der Waals surface area contributed by atoms with E-state index in [1.54, 1.807) is 44.3 Å². The Hall–Kier alpha value is -10.3. The number of hydrogen-bond donors (Lipinski definition) is 3. The van der Waals surface area contributed by atoms with Gasteiger partial charge in [0, 0.05) is 149 Å². The summed E-state index contributed by atoms with van der Waals surface area (Å²) < 4.78 is 124. The summed E-state index contributed by atoms with van der Waals surface area (Å²) in [5, 5.41) is 41.3. The summed E-state index contributed by atoms with van der Waals surface area (Å²) in [6, 6.07) is 18.6. The fourth-order valence-electron chi connectivity index (χ4n) is 13.8. The minimum Gasteiger partial charge on any atom is -0.475 e. The lowest BCUT2D eigenvalue weighted by Crippen LogP contribution is -2.46. The average molecular weight is 1900 g/mol. The van der Waals surface area contributed by atoms with Crippen LogP contribution in [0.2, 0.25) is 30.8 Å². The number of benzene rings is 2. The zero-order valence-corrected chi connectivity index (χ0v) is 75.7. The Morgan fingerprint density at radius 1 is 0.504 bits per heavy atom. The number of ether oxygens (including phenoxy) is 6. The molecule has 4 unspecified atom stereocenters. The molecule has 43 heteroatoms. The fourth-order valence-corrected chi connectivity index (χ4v) is 14.7. The third kappa shape index (κ3) is 26.8. The lowest BCUT2D eigenvalue weighted by Gasteiger charge is -2.35. The predicted octanol–water partition coefficient (Wildman–Crippen LogP) is 16.3. The zero-order valence-electron chi connectivity index (χ0n) is 71.2. The molecule has 5 fully saturated rings. The van der Waals surface area contributed by atoms with Crippen LogP contribution in [0.3, 0.4) is 0 Å². The van der Waals surface area contributed by atoms with Gasteiger partial charge in [-0.2, -0.15) is 26.3 Å². The standard InChI is InChI=1S/C28H27F3N6O3.C20H22BF3N2O3.C14H17ClN4O2.C12H12Cl2N4O.C8H12N2O.C4HCl3N2/c1-3-39-27-24(37-10-11-40-25(16-37)22-8-5-9-32-22)14-23(35-36-27)21-13-20(15-33-17(21)2)34-26(38)18-6-4-7-19(12-18)28(29,30)31;1-12-16(21-28-18(2,3)19(4,5)29-21)10-15(11-25-12)26-17(27)13-7-6-8-14(9-13)20(22,23)24;1-2-20-14-11(8-13(15)17-18-14)19-6-7-21-12(9-19)10-4-3-5-16-10;13-11-6-9(12(14)17-16-11)18-4-5-19-10(7-18)8-2-1-3-15-8;1-2-7(10-3-1)8-6-9-4-5-11-8;5-2-1-3(6)8-9-4(2)7/h4-7,9,12-15,25H,3,8,10-11,16H2,1-2H3,(H,34,38);6-11H,1-5H3,(H,26,27);3,5,8,12H,2,4,6-7,9H2,1H3;1,3,6,10H,2,4-5,7H2;1,3,8-9H,2,4-6H2;1H. The molecule has 4 atom stereocenters. The van der Waals surface area contributed by atoms with Crippen LogP contribution in [0.5, 0.6) is 11.8 Å². The first kappa shape index (κ1) is 97.8. The van der Waals surface area contributed by atoms with Gasteiger partial charge in [0.1, 0.15) is 35.8 Å². The molecule has 5 saturated heterocycles. The molecule has 682 valence electrons. The molecule has 0 saturated carbocycles. The van der Waals surface area contributed by atoms with E-state index in [0.717, 1.165) is 123 Å². The van der Waals surface area contributed by atoms with Gasteiger partial charge >= 0.3 is 19.5 Å². The van der Waals surface area contributed by atoms with Gasteiger partial charge < -0.3 is 68.4 Å². The van der Waals surface area contributed by atoms with Gasteiger partial charge in [0.2, 0.25) is 0 Å². The number of pyridine rings is 2. The number of morpholine rings is 4. The molecule has 8 aromatic rings. The summed E-state index contributed by atoms with van der Waals surface area (Å²) in [6.07, 6.45) is 12.7. The molecule has 2 aromatic carbocycles. The molecule has 2 amide bonds. The van der Waals surface area contributed by atoms with Crippen molar-refractivity contribution in [2.45, 2.75) is 129 Å². The van der Waals surface area contributed by atoms with E-state index in [1.807, 2.05) is 84.4 Å². The van der Waals surface area contributed by atoms with Crippen molar-refractivity contribution in [3.63, 3.8) is 0 Å². The number of nitrogens with zero attached hydrogens (tertiary/aromatic N) is 17. The molecule has 0 bridgehead atoms. The average Bonchev–Trinajstić information content (AvgIpc) is 1.62. The van der Waals surface area contributed by atoms with Gasteiger partial charge in [-0.1, -0.05) is 106 Å². The van der Waals surface area contributed by atoms with Crippen molar-refractivity contribution in [1.82, 2.24) is 56.1 Å². The number of hydrogen-bond acceptors (Lipinski definition) is 28. The maximum atomic E-state index is 13.1. The highest BCUT2D eigenvalue weighted by Gasteiger charge is 2.52. The van der Waals surface area contributed by atoms with Crippen molar-refractivity contribution in [3.05, 3.63) is 211 Å². The molecule has 3 N–H and O–H groups in total. The lowest BCUT2D eigenvalue weighted by atomic mass is 9.78. The first-order chi connectivity index (χ1) is 61.7. The molecule has 15 heterocycles. The minimum atomic E-state index is -4.55. The monoisotopic (exact) mass is 1900 g/mol. The second kappa shape index (κ2) is 45.0. The number of alkyl halides is 6. The lowest BCUT2D eigenvalue weighted by molar-refractivity contribution is -0.138. The molecule has 17 rings (SSSR count). The highest BCUT2D eigenvalue weighted by molar-refractivity contribution is 6.62. The predicted molar refractivity (Wildman–Crippen MR) is 485 cm³/mol. The van der Waals surface area contributed by atoms with Crippen LogP contribution in [0.4, 0.5) is 54.8 Å². The van der Waals surface area contributed by atoms with Crippen LogP contribution in [-0.4, -0.2) is 220 Å². The van der Waals surface area contributed by atoms with Gasteiger partial charge in [0.15, 0.2) is 25.8 Å². The Morgan fingerprint density at radius 3 is 1.36 bits per heavy atom. The van der Waals surface area contributed by atoms with Crippen LogP contribution in [-0.2, 0) is 40.6 Å². The van der Waals surface area contributed by atoms with E-state index >= 15 is 0 Å². The Labute approximate surface area is 770 Å². The van der Waals surface area contributed by atoms with E-state index in [-0.39, 0.29) is 45.8 Å². The molecule has 129 heavy (non-hydrogen) atoms. The maximum absolute atomic E-state index is 13.1. The van der Waals surface area contributed by atoms with Crippen LogP contribution in [0.25, 0.3) is 11.3 Å². The Bertz CT molecular complexity index is 5550. The van der Waals surface area contributed by atoms with E-state index < -0.39 is 53.6 Å². The van der Waals surface area contributed by atoms with E-state index in [4.69, 9.17) is 107 Å². The SMILES string of the molecule is C1=CN=C(C2CNCCO2)C1.CCOc1nnc(-c2cc(NC(=O)c3cccc(C(F)(F)F)c3)cnc2C)cc1N1CCOC(C2=NC=CC2)C1.CCOc1nnc(Cl)cc1N1CCOC(C2=NC=CC2)C1.Cc1ncc(NC(=O)c2cccc(C(F)(F)F)c2)cc1B1OC(C)(C)C(C)(C)O1.Clc1cc(Cl)c(Cl)nn1.Clc1cc(N2CCOC(C3=NC=CC3)C2)c(Cl)nn1. The van der Waals surface area contributed by atoms with Gasteiger partial charge in [0.05, 0.1) is 125 Å². The number of nitrogens with one attached hydrogen (secondary N) is 3. The first-order valence-corrected chi connectivity index (χ1v) is 43.2. The number of amides is 2. The van der Waals surface area contributed by atoms with Gasteiger partial charge in [-0.05, 0) is 116 Å². The van der Waals surface area contributed by atoms with Crippen molar-refractivity contribution in [3.8, 4) is 23.0 Å². The number of carbonyl (C=O) groups excluding carboxylic acids is 2. The van der Waals surface area contributed by atoms with Crippen molar-refractivity contribution in [1.29, 1.82) is 0 Å². The summed E-state index contributed by atoms with van der Waals surface area (Å²) >= 11 is 34.2. The van der Waals surface area contributed by atoms with E-state index in [1.165, 1.54) is 42.7 Å². The Kier molecular flexibility index (Phi) is 34.2. The van der Waals surface area contributed by atoms with Crippen molar-refractivity contribution >= 4 is 145 Å². The summed E-state index contributed by atoms with van der Waals surface area (Å²) in [7, 11) is -0.669. The molecule has 9 aliphatic rings. The highest BCUT2D eigenvalue weighted by atomic mass is 35.5. The second-order valence-corrected chi connectivity index (χ2v) is 32.8. The molecule has 6 aromatic heterocycles. The Morgan fingerprint density at radius 2 is 0.922 bits per heavy atom. The van der Waals surface area contributed by atoms with Crippen LogP contribution in [0, 0.1) is 13.8 Å². The van der Waals surface area contributed by atoms with E-state index in [0.29, 0.717) is 131 Å². The highest BCUT2D eigenvalue weighted by Crippen LogP contribution is 2.40. The van der Waals surface area contributed by atoms with Crippen molar-refractivity contribution in [2.75, 3.05) is 117 Å². The number of rotatable bonds is 17. The number of carbonyl (C=O) groups is 2. The third-order valence-electron chi connectivity index (χ3n) is 21.1. The van der Waals surface area contributed by atoms with Crippen molar-refractivity contribution < 1.29 is 73.7 Å². The smallest absolute Gasteiger partial charge is 0.475 e. The molecule has 0 spiro atoms. The quantitative estimate of drug-likeness (QED) is 0.0563. The molecule has 30 nitrogen and oxygen atoms in total. The van der Waals surface area contributed by atoms with Gasteiger partial charge in [0.25, 0.3) is 23.6 Å². The van der Waals surface area contributed by atoms with Gasteiger partial charge in [-0.3, -0.25) is 39.5 Å². The number of aryl methyl sites for hydroxylation is 2. The zero-order chi connectivity index (χ0) is 92.2. The topological polar surface area (TPSA) is 332 Å². The summed E-state index contributed by atoms with van der Waals surface area (Å²) in [4.78, 5) is 57.6. The minimum absolute atomic E-state index is 0.00447. The number of allylic oxidation sites excluding steroid dienone is 4. The third-order valence-corrected chi connectivity index (χ3v) is 22.6. The molecule has 0 aliphatic carbocycles. The van der Waals surface area contributed by atoms with Crippen LogP contribution < -0.4 is 45.6 Å². The largest absolute Gasteiger partial charge is 0.496 e. The van der Waals surface area contributed by atoms with Crippen LogP contribution >= 0.6 is 69.6 Å². The molecule has 0 radical (unpaired) electrons. The molecular weight excluding hydrogens is 1810 g/mol. The van der Waals surface area contributed by atoms with Gasteiger partial charge in [-0.15, -0.1) is 40.8 Å². The fraction of sp³-hybridized carbons (Fsp3) is 0.395. The molecular formula is C86H91BCl6F6N20O10. The van der Waals surface area contributed by atoms with E-state index in [2.05, 4.69) is 107 Å². The van der Waals surface area contributed by atoms with Crippen molar-refractivity contribution in [2.24, 2.45) is 20.0 Å².